The zero-order chi connectivity index (χ0) is 21.5. The molecule has 0 saturated carbocycles. The van der Waals surface area contributed by atoms with E-state index < -0.39 is 0 Å². The van der Waals surface area contributed by atoms with E-state index in [1.165, 1.54) is 36.4 Å². The summed E-state index contributed by atoms with van der Waals surface area (Å²) in [5.41, 5.74) is 6.24. The number of likely N-dealkylation sites (tertiary alicyclic amines) is 1. The summed E-state index contributed by atoms with van der Waals surface area (Å²) in [6, 6.07) is 0.338. The third-order valence-corrected chi connectivity index (χ3v) is 7.70. The van der Waals surface area contributed by atoms with Crippen LogP contribution in [0.1, 0.15) is 85.6 Å². The van der Waals surface area contributed by atoms with Gasteiger partial charge >= 0.3 is 0 Å². The number of nitrogens with zero attached hydrogens (tertiary/aromatic N) is 5. The van der Waals surface area contributed by atoms with Crippen molar-refractivity contribution in [1.82, 2.24) is 24.6 Å². The van der Waals surface area contributed by atoms with Crippen LogP contribution in [0.2, 0.25) is 0 Å². The molecule has 3 aliphatic rings. The Morgan fingerprint density at radius 3 is 2.84 bits per heavy atom. The van der Waals surface area contributed by atoms with Crippen LogP contribution in [0.15, 0.2) is 11.3 Å². The summed E-state index contributed by atoms with van der Waals surface area (Å²) in [7, 11) is 0. The van der Waals surface area contributed by atoms with E-state index in [1.807, 2.05) is 13.8 Å². The van der Waals surface area contributed by atoms with Gasteiger partial charge in [-0.3, -0.25) is 9.69 Å². The maximum atomic E-state index is 12.1. The van der Waals surface area contributed by atoms with E-state index in [1.54, 1.807) is 11.3 Å². The van der Waals surface area contributed by atoms with Gasteiger partial charge in [-0.25, -0.2) is 4.98 Å². The van der Waals surface area contributed by atoms with Gasteiger partial charge in [0.1, 0.15) is 16.7 Å². The summed E-state index contributed by atoms with van der Waals surface area (Å²) in [5, 5.41) is 10.3. The summed E-state index contributed by atoms with van der Waals surface area (Å²) in [5.74, 6) is 2.58. The van der Waals surface area contributed by atoms with Crippen LogP contribution in [0, 0.1) is 12.8 Å². The molecule has 2 aromatic heterocycles. The maximum Gasteiger partial charge on any atom is 0.169 e. The largest absolute Gasteiger partial charge is 0.314 e. The molecule has 0 aromatic carbocycles. The van der Waals surface area contributed by atoms with E-state index in [0.29, 0.717) is 12.5 Å². The minimum atomic E-state index is 0.0374. The van der Waals surface area contributed by atoms with Crippen molar-refractivity contribution in [2.45, 2.75) is 84.8 Å². The highest BCUT2D eigenvalue weighted by molar-refractivity contribution is 7.11. The van der Waals surface area contributed by atoms with Crippen molar-refractivity contribution in [3.63, 3.8) is 0 Å². The lowest BCUT2D eigenvalue weighted by Crippen LogP contribution is -2.25. The van der Waals surface area contributed by atoms with Crippen molar-refractivity contribution in [2.24, 2.45) is 5.92 Å². The number of hydrogen-bond donors (Lipinski definition) is 0. The molecular weight excluding hydrogens is 406 g/mol. The van der Waals surface area contributed by atoms with Gasteiger partial charge in [-0.2, -0.15) is 0 Å². The third-order valence-electron chi connectivity index (χ3n) is 6.74. The first-order valence-electron chi connectivity index (χ1n) is 11.7. The molecule has 1 aliphatic carbocycles. The number of carbonyl (C=O) groups is 1. The Hall–Kier alpha value is -2.08. The van der Waals surface area contributed by atoms with Crippen LogP contribution in [0.25, 0.3) is 5.57 Å². The number of rotatable bonds is 6. The van der Waals surface area contributed by atoms with Crippen LogP contribution < -0.4 is 0 Å². The summed E-state index contributed by atoms with van der Waals surface area (Å²) in [4.78, 5) is 20.9. The second kappa shape index (κ2) is 8.45. The predicted octanol–water partition coefficient (Wildman–Crippen LogP) is 4.64. The molecule has 0 N–H and O–H groups in total. The summed E-state index contributed by atoms with van der Waals surface area (Å²) >= 11 is 1.78. The highest BCUT2D eigenvalue weighted by Gasteiger charge is 2.32. The van der Waals surface area contributed by atoms with Gasteiger partial charge in [0.25, 0.3) is 0 Å². The number of ketones is 1. The Bertz CT molecular complexity index is 1070. The van der Waals surface area contributed by atoms with Gasteiger partial charge < -0.3 is 4.57 Å². The summed E-state index contributed by atoms with van der Waals surface area (Å²) in [6.45, 7) is 9.02. The van der Waals surface area contributed by atoms with Gasteiger partial charge in [0.15, 0.2) is 5.78 Å². The Labute approximate surface area is 188 Å². The lowest BCUT2D eigenvalue weighted by Gasteiger charge is -2.23. The van der Waals surface area contributed by atoms with Crippen LogP contribution in [0.5, 0.6) is 0 Å². The zero-order valence-electron chi connectivity index (χ0n) is 18.8. The van der Waals surface area contributed by atoms with Gasteiger partial charge in [-0.1, -0.05) is 20.3 Å². The number of aromatic nitrogens is 4. The molecule has 1 saturated heterocycles. The van der Waals surface area contributed by atoms with Gasteiger partial charge in [-0.15, -0.1) is 27.3 Å². The normalized spacial score (nSPS) is 21.5. The van der Waals surface area contributed by atoms with Crippen LogP contribution in [0.4, 0.5) is 0 Å². The number of aryl methyl sites for hydroxylation is 2. The van der Waals surface area contributed by atoms with Crippen molar-refractivity contribution in [3.8, 4) is 0 Å². The lowest BCUT2D eigenvalue weighted by molar-refractivity contribution is -0.118. The Kier molecular flexibility index (Phi) is 5.67. The molecule has 7 heteroatoms. The molecule has 4 heterocycles. The molecule has 1 fully saturated rings. The van der Waals surface area contributed by atoms with E-state index in [-0.39, 0.29) is 11.7 Å². The van der Waals surface area contributed by atoms with E-state index >= 15 is 0 Å². The molecule has 1 unspecified atom stereocenters. The Balaban J connectivity index is 1.34. The molecule has 0 spiro atoms. The third kappa shape index (κ3) is 3.95. The lowest BCUT2D eigenvalue weighted by atomic mass is 9.87. The standard InChI is InChI=1S/C24H31N5OS/c1-15(2)23(30)18-12-17(13-18)22-16(3)31-21(25-22)14-28-10-7-8-19(28)24-27-26-20-9-5-4-6-11-29(20)24/h15,19H,4-12,14H2,1-3H3. The quantitative estimate of drug-likeness (QED) is 0.616. The molecule has 0 bridgehead atoms. The molecular formula is C24H31N5OS. The SMILES string of the molecule is Cc1sc(CN2CCCC2c2nnc3n2CCCCC3)nc1C1=C=C(C(=O)C(C)C)C1. The van der Waals surface area contributed by atoms with Crippen LogP contribution in [-0.4, -0.2) is 37.0 Å². The van der Waals surface area contributed by atoms with E-state index in [9.17, 15) is 4.79 Å². The van der Waals surface area contributed by atoms with Crippen molar-refractivity contribution in [1.29, 1.82) is 0 Å². The van der Waals surface area contributed by atoms with Gasteiger partial charge in [0, 0.05) is 41.3 Å². The van der Waals surface area contributed by atoms with Crippen molar-refractivity contribution in [3.05, 3.63) is 38.5 Å². The molecule has 5 rings (SSSR count). The van der Waals surface area contributed by atoms with Crippen molar-refractivity contribution >= 4 is 22.7 Å². The van der Waals surface area contributed by atoms with E-state index in [4.69, 9.17) is 4.98 Å². The van der Waals surface area contributed by atoms with Crippen LogP contribution in [0.3, 0.4) is 0 Å². The summed E-state index contributed by atoms with van der Waals surface area (Å²) in [6.07, 6.45) is 7.83. The van der Waals surface area contributed by atoms with Crippen LogP contribution >= 0.6 is 11.3 Å². The first kappa shape index (κ1) is 20.8. The fraction of sp³-hybridized carbons (Fsp3) is 0.625. The molecule has 2 aliphatic heterocycles. The Morgan fingerprint density at radius 2 is 2.03 bits per heavy atom. The molecule has 31 heavy (non-hydrogen) atoms. The number of fused-ring (bicyclic) bond motifs is 1. The fourth-order valence-electron chi connectivity index (χ4n) is 5.02. The average molecular weight is 438 g/mol. The number of hydrogen-bond acceptors (Lipinski definition) is 6. The van der Waals surface area contributed by atoms with Gasteiger partial charge in [0.2, 0.25) is 0 Å². The minimum Gasteiger partial charge on any atom is -0.314 e. The highest BCUT2D eigenvalue weighted by Crippen LogP contribution is 2.37. The first-order valence-corrected chi connectivity index (χ1v) is 12.5. The minimum absolute atomic E-state index is 0.0374. The maximum absolute atomic E-state index is 12.1. The van der Waals surface area contributed by atoms with Crippen molar-refractivity contribution < 1.29 is 4.79 Å². The van der Waals surface area contributed by atoms with E-state index in [2.05, 4.69) is 32.3 Å². The molecule has 1 atom stereocenters. The monoisotopic (exact) mass is 437 g/mol. The van der Waals surface area contributed by atoms with Gasteiger partial charge in [-0.05, 0) is 39.2 Å². The molecule has 0 amide bonds. The summed E-state index contributed by atoms with van der Waals surface area (Å²) < 4.78 is 2.39. The van der Waals surface area contributed by atoms with Crippen LogP contribution in [-0.2, 0) is 24.3 Å². The van der Waals surface area contributed by atoms with Crippen molar-refractivity contribution in [2.75, 3.05) is 6.54 Å². The zero-order valence-corrected chi connectivity index (χ0v) is 19.6. The number of Topliss-reactive ketones (excluding diaryl/α,β-unsaturated/α-hetero) is 1. The number of thiazole rings is 1. The molecule has 6 nitrogen and oxygen atoms in total. The molecule has 0 radical (unpaired) electrons. The molecule has 164 valence electrons. The predicted molar refractivity (Wildman–Crippen MR) is 122 cm³/mol. The van der Waals surface area contributed by atoms with Gasteiger partial charge in [0.05, 0.1) is 18.3 Å². The fourth-order valence-corrected chi connectivity index (χ4v) is 6.00. The van der Waals surface area contributed by atoms with E-state index in [0.717, 1.165) is 60.1 Å². The second-order valence-electron chi connectivity index (χ2n) is 9.36. The topological polar surface area (TPSA) is 63.9 Å². The highest BCUT2D eigenvalue weighted by atomic mass is 32.1. The number of carbonyl (C=O) groups excluding carboxylic acids is 1. The number of allylic oxidation sites excluding steroid dienone is 1. The smallest absolute Gasteiger partial charge is 0.169 e. The Morgan fingerprint density at radius 1 is 1.19 bits per heavy atom. The first-order chi connectivity index (χ1) is 15.0. The molecule has 2 aromatic rings. The average Bonchev–Trinajstić information content (AvgIpc) is 3.36. The second-order valence-corrected chi connectivity index (χ2v) is 10.6.